The molecule has 3 unspecified atom stereocenters. The van der Waals surface area contributed by atoms with Crippen LogP contribution >= 0.6 is 0 Å². The molecule has 1 heterocycles. The SMILES string of the molecule is COC1C(F)CN(C(=O)O)C1C(=O)O. The second-order valence-corrected chi connectivity index (χ2v) is 2.93. The van der Waals surface area contributed by atoms with Crippen molar-refractivity contribution in [3.8, 4) is 0 Å². The maximum Gasteiger partial charge on any atom is 0.408 e. The number of methoxy groups -OCH3 is 1. The van der Waals surface area contributed by atoms with E-state index in [1.54, 1.807) is 0 Å². The number of carboxylic acids is 1. The summed E-state index contributed by atoms with van der Waals surface area (Å²) in [5.74, 6) is -1.40. The molecule has 80 valence electrons. The Hall–Kier alpha value is -1.37. The molecular formula is C7H10FNO5. The molecule has 0 radical (unpaired) electrons. The van der Waals surface area contributed by atoms with Gasteiger partial charge in [-0.3, -0.25) is 4.90 Å². The van der Waals surface area contributed by atoms with Crippen LogP contribution in [0, 0.1) is 0 Å². The summed E-state index contributed by atoms with van der Waals surface area (Å²) in [4.78, 5) is 21.8. The van der Waals surface area contributed by atoms with Gasteiger partial charge in [0.05, 0.1) is 6.54 Å². The number of carboxylic acid groups (broad SMARTS) is 2. The lowest BCUT2D eigenvalue weighted by Crippen LogP contribution is -2.45. The van der Waals surface area contributed by atoms with E-state index in [9.17, 15) is 14.0 Å². The minimum absolute atomic E-state index is 0.467. The lowest BCUT2D eigenvalue weighted by atomic mass is 10.1. The van der Waals surface area contributed by atoms with Crippen molar-refractivity contribution >= 4 is 12.1 Å². The highest BCUT2D eigenvalue weighted by Crippen LogP contribution is 2.23. The molecule has 1 amide bonds. The van der Waals surface area contributed by atoms with Gasteiger partial charge in [0.15, 0.2) is 6.04 Å². The number of hydrogen-bond acceptors (Lipinski definition) is 3. The first kappa shape index (κ1) is 10.7. The molecule has 7 heteroatoms. The highest BCUT2D eigenvalue weighted by Gasteiger charge is 2.49. The van der Waals surface area contributed by atoms with Crippen LogP contribution in [0.3, 0.4) is 0 Å². The second-order valence-electron chi connectivity index (χ2n) is 2.93. The minimum atomic E-state index is -1.60. The van der Waals surface area contributed by atoms with E-state index in [0.717, 1.165) is 7.11 Å². The summed E-state index contributed by atoms with van der Waals surface area (Å²) >= 11 is 0. The maximum atomic E-state index is 13.1. The first-order chi connectivity index (χ1) is 6.49. The first-order valence-corrected chi connectivity index (χ1v) is 3.88. The number of halogens is 1. The van der Waals surface area contributed by atoms with Gasteiger partial charge in [-0.05, 0) is 0 Å². The Morgan fingerprint density at radius 2 is 2.07 bits per heavy atom. The number of amides is 1. The average molecular weight is 207 g/mol. The van der Waals surface area contributed by atoms with Crippen LogP contribution in [-0.4, -0.2) is 59.1 Å². The highest BCUT2D eigenvalue weighted by atomic mass is 19.1. The zero-order valence-electron chi connectivity index (χ0n) is 7.38. The number of alkyl halides is 1. The van der Waals surface area contributed by atoms with Crippen LogP contribution in [-0.2, 0) is 9.53 Å². The van der Waals surface area contributed by atoms with Crippen molar-refractivity contribution in [1.29, 1.82) is 0 Å². The molecule has 0 saturated carbocycles. The molecule has 1 rings (SSSR count). The number of likely N-dealkylation sites (tertiary alicyclic amines) is 1. The highest BCUT2D eigenvalue weighted by molar-refractivity contribution is 5.81. The van der Waals surface area contributed by atoms with Crippen molar-refractivity contribution < 1.29 is 28.9 Å². The van der Waals surface area contributed by atoms with Crippen molar-refractivity contribution in [2.45, 2.75) is 18.3 Å². The van der Waals surface area contributed by atoms with Crippen LogP contribution in [0.2, 0.25) is 0 Å². The number of rotatable bonds is 2. The predicted molar refractivity (Wildman–Crippen MR) is 41.8 cm³/mol. The Bertz CT molecular complexity index is 258. The summed E-state index contributed by atoms with van der Waals surface area (Å²) < 4.78 is 17.7. The number of carbonyl (C=O) groups is 2. The van der Waals surface area contributed by atoms with Gasteiger partial charge >= 0.3 is 12.1 Å². The first-order valence-electron chi connectivity index (χ1n) is 3.88. The number of nitrogens with zero attached hydrogens (tertiary/aromatic N) is 1. The summed E-state index contributed by atoms with van der Waals surface area (Å²) in [5.41, 5.74) is 0. The van der Waals surface area contributed by atoms with Gasteiger partial charge in [0.25, 0.3) is 0 Å². The summed E-state index contributed by atoms with van der Waals surface area (Å²) in [6.45, 7) is -0.467. The molecule has 0 bridgehead atoms. The van der Waals surface area contributed by atoms with E-state index < -0.39 is 36.9 Å². The molecule has 2 N–H and O–H groups in total. The van der Waals surface area contributed by atoms with Gasteiger partial charge in [-0.25, -0.2) is 14.0 Å². The molecule has 0 aromatic heterocycles. The fraction of sp³-hybridized carbons (Fsp3) is 0.714. The molecule has 6 nitrogen and oxygen atoms in total. The Morgan fingerprint density at radius 3 is 2.43 bits per heavy atom. The maximum absolute atomic E-state index is 13.1. The second kappa shape index (κ2) is 3.79. The third-order valence-corrected chi connectivity index (χ3v) is 2.15. The van der Waals surface area contributed by atoms with Gasteiger partial charge in [-0.2, -0.15) is 0 Å². The predicted octanol–water partition coefficient (Wildman–Crippen LogP) is -0.214. The van der Waals surface area contributed by atoms with E-state index >= 15 is 0 Å². The molecule has 1 fully saturated rings. The van der Waals surface area contributed by atoms with Gasteiger partial charge in [-0.1, -0.05) is 0 Å². The van der Waals surface area contributed by atoms with E-state index in [4.69, 9.17) is 10.2 Å². The van der Waals surface area contributed by atoms with Gasteiger partial charge < -0.3 is 14.9 Å². The fourth-order valence-electron chi connectivity index (χ4n) is 1.53. The van der Waals surface area contributed by atoms with Crippen molar-refractivity contribution in [3.63, 3.8) is 0 Å². The lowest BCUT2D eigenvalue weighted by molar-refractivity contribution is -0.145. The molecule has 0 aromatic carbocycles. The number of hydrogen-bond donors (Lipinski definition) is 2. The summed E-state index contributed by atoms with van der Waals surface area (Å²) in [6.07, 6.45) is -4.29. The normalized spacial score (nSPS) is 31.9. The molecule has 0 spiro atoms. The van der Waals surface area contributed by atoms with Gasteiger partial charge in [0, 0.05) is 7.11 Å². The quantitative estimate of drug-likeness (QED) is 0.654. The molecule has 0 aromatic rings. The van der Waals surface area contributed by atoms with E-state index in [-0.39, 0.29) is 0 Å². The Labute approximate surface area is 78.9 Å². The summed E-state index contributed by atoms with van der Waals surface area (Å²) in [5, 5.41) is 17.3. The Morgan fingerprint density at radius 1 is 1.50 bits per heavy atom. The van der Waals surface area contributed by atoms with E-state index in [0.29, 0.717) is 4.90 Å². The molecule has 0 aliphatic carbocycles. The Kier molecular flexibility index (Phi) is 2.90. The standard InChI is InChI=1S/C7H10FNO5/c1-14-5-3(8)2-9(7(12)13)4(5)6(10)11/h3-5H,2H2,1H3,(H,10,11)(H,12,13). The van der Waals surface area contributed by atoms with Gasteiger partial charge in [-0.15, -0.1) is 0 Å². The van der Waals surface area contributed by atoms with E-state index in [2.05, 4.69) is 4.74 Å². The molecule has 3 atom stereocenters. The van der Waals surface area contributed by atoms with Crippen LogP contribution < -0.4 is 0 Å². The van der Waals surface area contributed by atoms with E-state index in [1.807, 2.05) is 0 Å². The summed E-state index contributed by atoms with van der Waals surface area (Å²) in [7, 11) is 1.15. The van der Waals surface area contributed by atoms with Crippen LogP contribution in [0.25, 0.3) is 0 Å². The largest absolute Gasteiger partial charge is 0.480 e. The smallest absolute Gasteiger partial charge is 0.408 e. The molecule has 1 aliphatic rings. The average Bonchev–Trinajstić information content (AvgIpc) is 2.42. The molecule has 1 saturated heterocycles. The number of aliphatic carboxylic acids is 1. The molecule has 1 aliphatic heterocycles. The lowest BCUT2D eigenvalue weighted by Gasteiger charge is -2.20. The van der Waals surface area contributed by atoms with Crippen molar-refractivity contribution in [2.75, 3.05) is 13.7 Å². The third-order valence-electron chi connectivity index (χ3n) is 2.15. The van der Waals surface area contributed by atoms with Crippen LogP contribution in [0.5, 0.6) is 0 Å². The molecule has 14 heavy (non-hydrogen) atoms. The fourth-order valence-corrected chi connectivity index (χ4v) is 1.53. The zero-order valence-corrected chi connectivity index (χ0v) is 7.38. The van der Waals surface area contributed by atoms with Crippen LogP contribution in [0.4, 0.5) is 9.18 Å². The minimum Gasteiger partial charge on any atom is -0.480 e. The Balaban J connectivity index is 2.90. The monoisotopic (exact) mass is 207 g/mol. The zero-order chi connectivity index (χ0) is 10.9. The van der Waals surface area contributed by atoms with Crippen molar-refractivity contribution in [2.24, 2.45) is 0 Å². The van der Waals surface area contributed by atoms with Crippen LogP contribution in [0.15, 0.2) is 0 Å². The summed E-state index contributed by atoms with van der Waals surface area (Å²) in [6, 6.07) is -1.47. The topological polar surface area (TPSA) is 87.1 Å². The van der Waals surface area contributed by atoms with Crippen molar-refractivity contribution in [1.82, 2.24) is 4.90 Å². The molecular weight excluding hydrogens is 197 g/mol. The van der Waals surface area contributed by atoms with Crippen LogP contribution in [0.1, 0.15) is 0 Å². The third kappa shape index (κ3) is 1.63. The van der Waals surface area contributed by atoms with Gasteiger partial charge in [0.2, 0.25) is 0 Å². The van der Waals surface area contributed by atoms with Gasteiger partial charge in [0.1, 0.15) is 12.3 Å². The van der Waals surface area contributed by atoms with E-state index in [1.165, 1.54) is 0 Å². The number of ether oxygens (including phenoxy) is 1. The van der Waals surface area contributed by atoms with Crippen molar-refractivity contribution in [3.05, 3.63) is 0 Å².